The Morgan fingerprint density at radius 1 is 1.09 bits per heavy atom. The van der Waals surface area contributed by atoms with Crippen molar-refractivity contribution in [1.29, 1.82) is 0 Å². The van der Waals surface area contributed by atoms with Crippen molar-refractivity contribution >= 4 is 35.2 Å². The molecule has 2 aromatic rings. The number of fused-ring (bicyclic) bond motifs is 2. The smallest absolute Gasteiger partial charge is 0.361 e. The van der Waals surface area contributed by atoms with E-state index in [1.165, 1.54) is 9.79 Å². The molecular weight excluding hydrogens is 318 g/mol. The van der Waals surface area contributed by atoms with Crippen LogP contribution in [-0.2, 0) is 9.53 Å². The lowest BCUT2D eigenvalue weighted by Crippen LogP contribution is -2.19. The first-order valence-electron chi connectivity index (χ1n) is 6.71. The quantitative estimate of drug-likeness (QED) is 0.340. The molecule has 0 bridgehead atoms. The molecule has 1 aliphatic heterocycles. The number of carbonyl (C=O) groups is 1. The van der Waals surface area contributed by atoms with Gasteiger partial charge in [0, 0.05) is 25.1 Å². The molecule has 4 nitrogen and oxygen atoms in total. The molecule has 0 atom stereocenters. The van der Waals surface area contributed by atoms with Crippen LogP contribution in [0.4, 0.5) is 0 Å². The van der Waals surface area contributed by atoms with Crippen molar-refractivity contribution in [3.8, 4) is 0 Å². The summed E-state index contributed by atoms with van der Waals surface area (Å²) in [7, 11) is 0. The number of oxime groups is 1. The zero-order valence-electron chi connectivity index (χ0n) is 11.8. The second kappa shape index (κ2) is 6.46. The summed E-state index contributed by atoms with van der Waals surface area (Å²) in [5.41, 5.74) is 0.473. The minimum Gasteiger partial charge on any atom is -0.461 e. The summed E-state index contributed by atoms with van der Waals surface area (Å²) in [5, 5.41) is 12.2. The van der Waals surface area contributed by atoms with E-state index in [9.17, 15) is 4.79 Å². The Morgan fingerprint density at radius 2 is 1.73 bits per heavy atom. The molecule has 0 saturated carbocycles. The second-order valence-corrected chi connectivity index (χ2v) is 6.65. The minimum atomic E-state index is -0.626. The maximum Gasteiger partial charge on any atom is 0.361 e. The highest BCUT2D eigenvalue weighted by Crippen LogP contribution is 2.48. The number of hydrogen-bond acceptors (Lipinski definition) is 6. The SMILES string of the molecule is CCOC(=O)C(=NO)c1ccc2c(c1)Sc1ccccc1S2. The Morgan fingerprint density at radius 3 is 2.36 bits per heavy atom. The summed E-state index contributed by atoms with van der Waals surface area (Å²) in [6, 6.07) is 13.7. The Bertz CT molecular complexity index is 759. The normalized spacial score (nSPS) is 13.2. The van der Waals surface area contributed by atoms with Gasteiger partial charge >= 0.3 is 5.97 Å². The van der Waals surface area contributed by atoms with Crippen molar-refractivity contribution in [2.75, 3.05) is 6.61 Å². The monoisotopic (exact) mass is 331 g/mol. The van der Waals surface area contributed by atoms with Gasteiger partial charge in [0.15, 0.2) is 5.71 Å². The van der Waals surface area contributed by atoms with E-state index in [4.69, 9.17) is 9.94 Å². The molecule has 1 heterocycles. The standard InChI is InChI=1S/C16H13NO3S2/c1-2-20-16(18)15(17-19)10-7-8-13-14(9-10)22-12-6-4-3-5-11(12)21-13/h3-9,19H,2H2,1H3. The van der Waals surface area contributed by atoms with Gasteiger partial charge < -0.3 is 9.94 Å². The molecule has 2 aromatic carbocycles. The van der Waals surface area contributed by atoms with Crippen molar-refractivity contribution in [3.05, 3.63) is 48.0 Å². The average Bonchev–Trinajstić information content (AvgIpc) is 2.54. The number of esters is 1. The lowest BCUT2D eigenvalue weighted by Gasteiger charge is -2.18. The lowest BCUT2D eigenvalue weighted by molar-refractivity contribution is -0.135. The van der Waals surface area contributed by atoms with Crippen LogP contribution in [0, 0.1) is 0 Å². The summed E-state index contributed by atoms with van der Waals surface area (Å²) in [6.07, 6.45) is 0. The number of nitrogens with zero attached hydrogens (tertiary/aromatic N) is 1. The third-order valence-corrected chi connectivity index (χ3v) is 5.62. The summed E-state index contributed by atoms with van der Waals surface area (Å²) >= 11 is 3.33. The van der Waals surface area contributed by atoms with Crippen LogP contribution >= 0.6 is 23.5 Å². The zero-order valence-corrected chi connectivity index (χ0v) is 13.4. The van der Waals surface area contributed by atoms with Crippen LogP contribution < -0.4 is 0 Å². The van der Waals surface area contributed by atoms with E-state index in [2.05, 4.69) is 17.3 Å². The molecule has 3 rings (SSSR count). The molecule has 0 radical (unpaired) electrons. The fraction of sp³-hybridized carbons (Fsp3) is 0.125. The third-order valence-electron chi connectivity index (χ3n) is 3.07. The Labute approximate surface area is 136 Å². The molecule has 0 unspecified atom stereocenters. The van der Waals surface area contributed by atoms with Gasteiger partial charge in [-0.1, -0.05) is 46.9 Å². The fourth-order valence-corrected chi connectivity index (χ4v) is 4.35. The van der Waals surface area contributed by atoms with Crippen molar-refractivity contribution < 1.29 is 14.7 Å². The van der Waals surface area contributed by atoms with Crippen molar-refractivity contribution in [3.63, 3.8) is 0 Å². The molecule has 112 valence electrons. The minimum absolute atomic E-state index is 0.0749. The van der Waals surface area contributed by atoms with E-state index >= 15 is 0 Å². The van der Waals surface area contributed by atoms with Gasteiger partial charge in [0.1, 0.15) is 0 Å². The largest absolute Gasteiger partial charge is 0.461 e. The number of rotatable bonds is 3. The van der Waals surface area contributed by atoms with Crippen LogP contribution in [0.15, 0.2) is 67.2 Å². The van der Waals surface area contributed by atoms with Gasteiger partial charge in [-0.3, -0.25) is 0 Å². The number of carbonyl (C=O) groups excluding carboxylic acids is 1. The van der Waals surface area contributed by atoms with Gasteiger partial charge in [-0.2, -0.15) is 0 Å². The van der Waals surface area contributed by atoms with Gasteiger partial charge in [-0.25, -0.2) is 4.79 Å². The van der Waals surface area contributed by atoms with Gasteiger partial charge in [-0.15, -0.1) is 0 Å². The van der Waals surface area contributed by atoms with Gasteiger partial charge in [0.25, 0.3) is 0 Å². The van der Waals surface area contributed by atoms with Gasteiger partial charge in [-0.05, 0) is 31.2 Å². The lowest BCUT2D eigenvalue weighted by atomic mass is 10.1. The summed E-state index contributed by atoms with van der Waals surface area (Å²) in [5.74, 6) is -0.626. The van der Waals surface area contributed by atoms with E-state index in [1.54, 1.807) is 36.5 Å². The summed E-state index contributed by atoms with van der Waals surface area (Å²) in [6.45, 7) is 1.95. The summed E-state index contributed by atoms with van der Waals surface area (Å²) < 4.78 is 4.91. The molecule has 0 fully saturated rings. The molecule has 22 heavy (non-hydrogen) atoms. The van der Waals surface area contributed by atoms with Gasteiger partial charge in [0.05, 0.1) is 6.61 Å². The number of ether oxygens (including phenoxy) is 1. The molecular formula is C16H13NO3S2. The van der Waals surface area contributed by atoms with Crippen molar-refractivity contribution in [2.24, 2.45) is 5.16 Å². The molecule has 1 N–H and O–H groups in total. The van der Waals surface area contributed by atoms with E-state index in [1.807, 2.05) is 24.3 Å². The van der Waals surface area contributed by atoms with Crippen LogP contribution in [0.1, 0.15) is 12.5 Å². The topological polar surface area (TPSA) is 58.9 Å². The van der Waals surface area contributed by atoms with Crippen LogP contribution in [0.3, 0.4) is 0 Å². The first kappa shape index (κ1) is 15.0. The highest BCUT2D eigenvalue weighted by atomic mass is 32.2. The maximum absolute atomic E-state index is 11.8. The fourth-order valence-electron chi connectivity index (χ4n) is 2.09. The molecule has 0 spiro atoms. The van der Waals surface area contributed by atoms with Crippen LogP contribution in [0.25, 0.3) is 0 Å². The second-order valence-electron chi connectivity index (χ2n) is 4.48. The van der Waals surface area contributed by atoms with E-state index in [0.29, 0.717) is 5.56 Å². The van der Waals surface area contributed by atoms with Gasteiger partial charge in [0.2, 0.25) is 0 Å². The van der Waals surface area contributed by atoms with E-state index < -0.39 is 5.97 Å². The van der Waals surface area contributed by atoms with Crippen molar-refractivity contribution in [1.82, 2.24) is 0 Å². The first-order valence-corrected chi connectivity index (χ1v) is 8.34. The molecule has 6 heteroatoms. The molecule has 0 saturated heterocycles. The van der Waals surface area contributed by atoms with E-state index in [0.717, 1.165) is 9.79 Å². The Balaban J connectivity index is 1.94. The predicted octanol–water partition coefficient (Wildman–Crippen LogP) is 4.04. The number of benzene rings is 2. The molecule has 0 aromatic heterocycles. The van der Waals surface area contributed by atoms with E-state index in [-0.39, 0.29) is 12.3 Å². The predicted molar refractivity (Wildman–Crippen MR) is 86.1 cm³/mol. The maximum atomic E-state index is 11.8. The number of hydrogen-bond donors (Lipinski definition) is 1. The van der Waals surface area contributed by atoms with Crippen LogP contribution in [0.5, 0.6) is 0 Å². The highest BCUT2D eigenvalue weighted by molar-refractivity contribution is 8.05. The Kier molecular flexibility index (Phi) is 4.40. The first-order chi connectivity index (χ1) is 10.7. The van der Waals surface area contributed by atoms with Crippen LogP contribution in [-0.4, -0.2) is 23.5 Å². The highest BCUT2D eigenvalue weighted by Gasteiger charge is 2.21. The van der Waals surface area contributed by atoms with Crippen molar-refractivity contribution in [2.45, 2.75) is 26.5 Å². The molecule has 1 aliphatic rings. The molecule has 0 amide bonds. The third kappa shape index (κ3) is 2.84. The average molecular weight is 331 g/mol. The Hall–Kier alpha value is -1.92. The van der Waals surface area contributed by atoms with Crippen LogP contribution in [0.2, 0.25) is 0 Å². The zero-order chi connectivity index (χ0) is 15.5. The molecule has 0 aliphatic carbocycles. The summed E-state index contributed by atoms with van der Waals surface area (Å²) in [4.78, 5) is 16.4.